The van der Waals surface area contributed by atoms with Crippen molar-refractivity contribution in [2.45, 2.75) is 79.2 Å². The molecule has 1 aliphatic carbocycles. The highest BCUT2D eigenvalue weighted by Gasteiger charge is 2.36. The zero-order chi connectivity index (χ0) is 17.4. The van der Waals surface area contributed by atoms with Crippen molar-refractivity contribution in [1.82, 2.24) is 5.32 Å². The van der Waals surface area contributed by atoms with Crippen LogP contribution < -0.4 is 5.32 Å². The fourth-order valence-electron chi connectivity index (χ4n) is 3.53. The molecule has 0 aromatic carbocycles. The van der Waals surface area contributed by atoms with E-state index in [0.29, 0.717) is 30.8 Å². The smallest absolute Gasteiger partial charge is 0.328 e. The number of carbonyl (C=O) groups is 2. The first kappa shape index (κ1) is 20.0. The van der Waals surface area contributed by atoms with Crippen molar-refractivity contribution in [3.8, 4) is 0 Å². The molecule has 0 aliphatic heterocycles. The van der Waals surface area contributed by atoms with Gasteiger partial charge in [0.2, 0.25) is 5.91 Å². The molecule has 0 aromatic rings. The van der Waals surface area contributed by atoms with Gasteiger partial charge >= 0.3 is 5.97 Å². The van der Waals surface area contributed by atoms with Crippen LogP contribution in [0.1, 0.15) is 73.1 Å². The summed E-state index contributed by atoms with van der Waals surface area (Å²) in [6.45, 7) is 11.0. The quantitative estimate of drug-likeness (QED) is 0.543. The van der Waals surface area contributed by atoms with Gasteiger partial charge in [0.1, 0.15) is 6.04 Å². The van der Waals surface area contributed by atoms with Crippen LogP contribution >= 0.6 is 0 Å². The molecule has 0 radical (unpaired) electrons. The molecule has 0 spiro atoms. The van der Waals surface area contributed by atoms with Gasteiger partial charge in [-0.15, -0.1) is 0 Å². The maximum absolute atomic E-state index is 12.7. The second-order valence-electron chi connectivity index (χ2n) is 7.42. The minimum absolute atomic E-state index is 0.0243. The van der Waals surface area contributed by atoms with Crippen LogP contribution in [0.25, 0.3) is 0 Å². The number of ether oxygens (including phenoxy) is 1. The summed E-state index contributed by atoms with van der Waals surface area (Å²) in [6, 6.07) is -0.510. The lowest BCUT2D eigenvalue weighted by Crippen LogP contribution is -2.47. The molecule has 1 N–H and O–H groups in total. The maximum atomic E-state index is 12.7. The molecule has 4 atom stereocenters. The summed E-state index contributed by atoms with van der Waals surface area (Å²) in [5, 5.41) is 2.96. The van der Waals surface area contributed by atoms with Crippen molar-refractivity contribution in [3.63, 3.8) is 0 Å². The van der Waals surface area contributed by atoms with E-state index in [1.807, 2.05) is 6.92 Å². The van der Waals surface area contributed by atoms with Crippen molar-refractivity contribution in [1.29, 1.82) is 0 Å². The van der Waals surface area contributed by atoms with Crippen molar-refractivity contribution in [2.75, 3.05) is 6.61 Å². The van der Waals surface area contributed by atoms with Gasteiger partial charge in [-0.05, 0) is 43.4 Å². The Hall–Kier alpha value is -1.06. The maximum Gasteiger partial charge on any atom is 0.328 e. The second kappa shape index (κ2) is 9.94. The number of hydrogen-bond acceptors (Lipinski definition) is 3. The fraction of sp³-hybridized carbons (Fsp3) is 0.895. The van der Waals surface area contributed by atoms with E-state index >= 15 is 0 Å². The minimum Gasteiger partial charge on any atom is -0.464 e. The Morgan fingerprint density at radius 1 is 1.22 bits per heavy atom. The highest BCUT2D eigenvalue weighted by atomic mass is 16.5. The normalized spacial score (nSPS) is 25.9. The first-order chi connectivity index (χ1) is 10.9. The van der Waals surface area contributed by atoms with E-state index in [4.69, 9.17) is 4.74 Å². The lowest BCUT2D eigenvalue weighted by Gasteiger charge is -2.37. The Morgan fingerprint density at radius 3 is 2.48 bits per heavy atom. The second-order valence-corrected chi connectivity index (χ2v) is 7.42. The third-order valence-electron chi connectivity index (χ3n) is 5.11. The van der Waals surface area contributed by atoms with Crippen molar-refractivity contribution >= 4 is 11.9 Å². The van der Waals surface area contributed by atoms with Gasteiger partial charge in [0, 0.05) is 5.92 Å². The molecule has 134 valence electrons. The average Bonchev–Trinajstić information content (AvgIpc) is 2.51. The van der Waals surface area contributed by atoms with Gasteiger partial charge in [0.05, 0.1) is 6.61 Å². The van der Waals surface area contributed by atoms with Gasteiger partial charge in [-0.3, -0.25) is 4.79 Å². The number of unbranched alkanes of at least 4 members (excludes halogenated alkanes) is 1. The number of carbonyl (C=O) groups excluding carboxylic acids is 2. The molecule has 0 bridgehead atoms. The summed E-state index contributed by atoms with van der Waals surface area (Å²) in [5.74, 6) is 1.26. The van der Waals surface area contributed by atoms with Crippen LogP contribution in [0.5, 0.6) is 0 Å². The van der Waals surface area contributed by atoms with Gasteiger partial charge < -0.3 is 10.1 Å². The van der Waals surface area contributed by atoms with E-state index in [1.54, 1.807) is 0 Å². The zero-order valence-electron chi connectivity index (χ0n) is 15.6. The van der Waals surface area contributed by atoms with Crippen LogP contribution in [0.2, 0.25) is 0 Å². The van der Waals surface area contributed by atoms with Crippen molar-refractivity contribution in [2.24, 2.45) is 23.7 Å². The van der Waals surface area contributed by atoms with Crippen LogP contribution in [-0.4, -0.2) is 24.5 Å². The Balaban J connectivity index is 2.64. The number of hydrogen-bond donors (Lipinski definition) is 1. The van der Waals surface area contributed by atoms with E-state index in [0.717, 1.165) is 25.7 Å². The topological polar surface area (TPSA) is 55.4 Å². The summed E-state index contributed by atoms with van der Waals surface area (Å²) in [5.41, 5.74) is 0. The molecular weight excluding hydrogens is 290 g/mol. The molecular formula is C19H35NO3. The number of esters is 1. The molecule has 1 saturated carbocycles. The average molecular weight is 325 g/mol. The predicted octanol–water partition coefficient (Wildman–Crippen LogP) is 3.93. The molecule has 0 unspecified atom stereocenters. The fourth-order valence-corrected chi connectivity index (χ4v) is 3.53. The predicted molar refractivity (Wildman–Crippen MR) is 92.9 cm³/mol. The molecule has 0 heterocycles. The first-order valence-corrected chi connectivity index (χ1v) is 9.37. The van der Waals surface area contributed by atoms with Gasteiger partial charge in [0.15, 0.2) is 0 Å². The summed E-state index contributed by atoms with van der Waals surface area (Å²) in [6.07, 6.45) is 5.66. The van der Waals surface area contributed by atoms with Gasteiger partial charge in [-0.1, -0.05) is 47.5 Å². The first-order valence-electron chi connectivity index (χ1n) is 9.37. The van der Waals surface area contributed by atoms with Gasteiger partial charge in [0.25, 0.3) is 0 Å². The monoisotopic (exact) mass is 325 g/mol. The Bertz CT molecular complexity index is 381. The summed E-state index contributed by atoms with van der Waals surface area (Å²) in [7, 11) is 0. The van der Waals surface area contributed by atoms with Crippen molar-refractivity contribution < 1.29 is 14.3 Å². The van der Waals surface area contributed by atoms with Crippen LogP contribution in [-0.2, 0) is 14.3 Å². The Morgan fingerprint density at radius 2 is 1.91 bits per heavy atom. The molecule has 23 heavy (non-hydrogen) atoms. The van der Waals surface area contributed by atoms with E-state index in [2.05, 4.69) is 33.0 Å². The van der Waals surface area contributed by atoms with Crippen LogP contribution in [0.4, 0.5) is 0 Å². The molecule has 4 nitrogen and oxygen atoms in total. The number of amides is 1. The molecule has 1 rings (SSSR count). The molecule has 1 fully saturated rings. The third-order valence-corrected chi connectivity index (χ3v) is 5.11. The SMILES string of the molecule is CCCCOC(=O)[C@@H](CC)NC(=O)[C@@H]1C[C@H](C)CC[C@H]1C(C)C. The zero-order valence-corrected chi connectivity index (χ0v) is 15.6. The van der Waals surface area contributed by atoms with E-state index in [1.165, 1.54) is 6.42 Å². The Labute approximate surface area is 141 Å². The van der Waals surface area contributed by atoms with Crippen LogP contribution in [0, 0.1) is 23.7 Å². The molecule has 1 amide bonds. The highest BCUT2D eigenvalue weighted by Crippen LogP contribution is 2.38. The summed E-state index contributed by atoms with van der Waals surface area (Å²) in [4.78, 5) is 24.9. The molecule has 0 saturated heterocycles. The van der Waals surface area contributed by atoms with Crippen LogP contribution in [0.15, 0.2) is 0 Å². The standard InChI is InChI=1S/C19H35NO3/c1-6-8-11-23-19(22)17(7-2)20-18(21)16-12-14(5)9-10-15(16)13(3)4/h13-17H,6-12H2,1-5H3,(H,20,21)/t14-,15+,16-,17-/m1/s1. The third kappa shape index (κ3) is 6.15. The minimum atomic E-state index is -0.510. The van der Waals surface area contributed by atoms with Crippen LogP contribution in [0.3, 0.4) is 0 Å². The Kier molecular flexibility index (Phi) is 8.64. The van der Waals surface area contributed by atoms with E-state index in [-0.39, 0.29) is 17.8 Å². The largest absolute Gasteiger partial charge is 0.464 e. The van der Waals surface area contributed by atoms with Gasteiger partial charge in [-0.2, -0.15) is 0 Å². The van der Waals surface area contributed by atoms with E-state index < -0.39 is 6.04 Å². The highest BCUT2D eigenvalue weighted by molar-refractivity contribution is 5.86. The number of rotatable bonds is 8. The number of nitrogens with one attached hydrogen (secondary N) is 1. The van der Waals surface area contributed by atoms with Gasteiger partial charge in [-0.25, -0.2) is 4.79 Å². The molecule has 1 aliphatic rings. The molecule has 4 heteroatoms. The summed E-state index contributed by atoms with van der Waals surface area (Å²) >= 11 is 0. The van der Waals surface area contributed by atoms with E-state index in [9.17, 15) is 9.59 Å². The lowest BCUT2D eigenvalue weighted by molar-refractivity contribution is -0.149. The van der Waals surface area contributed by atoms with Crippen molar-refractivity contribution in [3.05, 3.63) is 0 Å². The lowest BCUT2D eigenvalue weighted by atomic mass is 9.69. The molecule has 0 aromatic heterocycles. The summed E-state index contributed by atoms with van der Waals surface area (Å²) < 4.78 is 5.27.